The Morgan fingerprint density at radius 1 is 1.08 bits per heavy atom. The quantitative estimate of drug-likeness (QED) is 0.476. The molecule has 0 bridgehead atoms. The molecule has 4 rings (SSSR count). The normalized spacial score (nSPS) is 19.2. The number of carbonyl (C=O) groups is 3. The van der Waals surface area contributed by atoms with Gasteiger partial charge in [0.2, 0.25) is 21.8 Å². The number of anilines is 2. The van der Waals surface area contributed by atoms with Crippen molar-refractivity contribution >= 4 is 55.0 Å². The molecule has 1 unspecified atom stereocenters. The summed E-state index contributed by atoms with van der Waals surface area (Å²) in [6.45, 7) is 4.28. The van der Waals surface area contributed by atoms with Crippen LogP contribution < -0.4 is 10.2 Å². The second kappa shape index (κ2) is 11.2. The predicted octanol–water partition coefficient (Wildman–Crippen LogP) is 2.06. The van der Waals surface area contributed by atoms with E-state index in [2.05, 4.69) is 26.1 Å². The van der Waals surface area contributed by atoms with Crippen LogP contribution >= 0.6 is 15.9 Å². The molecule has 1 N–H and O–H groups in total. The van der Waals surface area contributed by atoms with Crippen molar-refractivity contribution in [3.63, 3.8) is 0 Å². The maximum absolute atomic E-state index is 13.7. The maximum Gasteiger partial charge on any atom is 0.252 e. The minimum absolute atomic E-state index is 0.0473. The Labute approximate surface area is 218 Å². The molecule has 0 saturated carbocycles. The number of morpholine rings is 1. The van der Waals surface area contributed by atoms with Crippen molar-refractivity contribution in [2.75, 3.05) is 49.6 Å². The number of nitrogens with one attached hydrogen (secondary N) is 1. The molecule has 2 aromatic rings. The largest absolute Gasteiger partial charge is 0.379 e. The molecule has 192 valence electrons. The highest BCUT2D eigenvalue weighted by Crippen LogP contribution is 2.30. The van der Waals surface area contributed by atoms with Crippen LogP contribution in [-0.2, 0) is 29.1 Å². The number of amides is 3. The van der Waals surface area contributed by atoms with Gasteiger partial charge in [-0.2, -0.15) is 4.31 Å². The Morgan fingerprint density at radius 3 is 2.33 bits per heavy atom. The molecule has 2 fully saturated rings. The van der Waals surface area contributed by atoms with Gasteiger partial charge in [0, 0.05) is 43.3 Å². The second-order valence-corrected chi connectivity index (χ2v) is 11.3. The van der Waals surface area contributed by atoms with E-state index in [4.69, 9.17) is 4.74 Å². The first-order valence-electron chi connectivity index (χ1n) is 11.5. The molecule has 2 aliphatic rings. The first-order chi connectivity index (χ1) is 17.2. The van der Waals surface area contributed by atoms with Gasteiger partial charge in [-0.05, 0) is 48.5 Å². The minimum Gasteiger partial charge on any atom is -0.379 e. The lowest BCUT2D eigenvalue weighted by Crippen LogP contribution is -2.49. The lowest BCUT2D eigenvalue weighted by molar-refractivity contribution is -0.122. The molecule has 2 aliphatic heterocycles. The number of imide groups is 1. The van der Waals surface area contributed by atoms with Gasteiger partial charge in [-0.25, -0.2) is 13.3 Å². The molecule has 2 saturated heterocycles. The molecule has 10 nitrogen and oxygen atoms in total. The number of hydrogen-bond donors (Lipinski definition) is 1. The molecule has 0 aromatic heterocycles. The van der Waals surface area contributed by atoms with E-state index in [0.29, 0.717) is 44.2 Å². The first kappa shape index (κ1) is 26.4. The van der Waals surface area contributed by atoms with E-state index in [-0.39, 0.29) is 23.8 Å². The number of benzene rings is 2. The fraction of sp³-hybridized carbons (Fsp3) is 0.375. The summed E-state index contributed by atoms with van der Waals surface area (Å²) in [5.41, 5.74) is 0.836. The van der Waals surface area contributed by atoms with Crippen molar-refractivity contribution in [1.82, 2.24) is 9.21 Å². The van der Waals surface area contributed by atoms with Gasteiger partial charge in [0.25, 0.3) is 5.91 Å². The monoisotopic (exact) mass is 578 g/mol. The molecule has 0 aliphatic carbocycles. The summed E-state index contributed by atoms with van der Waals surface area (Å²) in [7, 11) is -4.08. The van der Waals surface area contributed by atoms with E-state index < -0.39 is 27.9 Å². The molecular formula is C24H27BrN4O6S. The second-order valence-electron chi connectivity index (χ2n) is 8.54. The van der Waals surface area contributed by atoms with Crippen LogP contribution in [0.5, 0.6) is 0 Å². The van der Waals surface area contributed by atoms with Crippen LogP contribution in [0.3, 0.4) is 0 Å². The van der Waals surface area contributed by atoms with Crippen LogP contribution in [0.2, 0.25) is 0 Å². The van der Waals surface area contributed by atoms with E-state index in [1.54, 1.807) is 36.4 Å². The Morgan fingerprint density at radius 2 is 1.72 bits per heavy atom. The van der Waals surface area contributed by atoms with Gasteiger partial charge in [-0.1, -0.05) is 15.9 Å². The zero-order valence-electron chi connectivity index (χ0n) is 19.7. The molecule has 2 heterocycles. The molecule has 36 heavy (non-hydrogen) atoms. The van der Waals surface area contributed by atoms with Gasteiger partial charge >= 0.3 is 0 Å². The van der Waals surface area contributed by atoms with E-state index in [1.165, 1.54) is 19.1 Å². The maximum atomic E-state index is 13.7. The Hall–Kier alpha value is -2.64. The predicted molar refractivity (Wildman–Crippen MR) is 137 cm³/mol. The SMILES string of the molecule is CC(=O)Nc1ccc(N2C(=O)CC(N(CCN3CCOCC3)S(=O)(=O)c3ccc(Br)cc3)C2=O)cc1. The average molecular weight is 579 g/mol. The highest BCUT2D eigenvalue weighted by Gasteiger charge is 2.47. The van der Waals surface area contributed by atoms with E-state index >= 15 is 0 Å². The average Bonchev–Trinajstić information content (AvgIpc) is 3.13. The Kier molecular flexibility index (Phi) is 8.20. The van der Waals surface area contributed by atoms with Crippen LogP contribution in [0.15, 0.2) is 57.9 Å². The lowest BCUT2D eigenvalue weighted by Gasteiger charge is -2.31. The number of halogens is 1. The van der Waals surface area contributed by atoms with Crippen molar-refractivity contribution in [3.05, 3.63) is 53.0 Å². The smallest absolute Gasteiger partial charge is 0.252 e. The van der Waals surface area contributed by atoms with Crippen LogP contribution in [0.4, 0.5) is 11.4 Å². The van der Waals surface area contributed by atoms with Crippen LogP contribution in [0.1, 0.15) is 13.3 Å². The number of carbonyl (C=O) groups excluding carboxylic acids is 3. The Bertz CT molecular complexity index is 1230. The number of hydrogen-bond acceptors (Lipinski definition) is 7. The topological polar surface area (TPSA) is 116 Å². The van der Waals surface area contributed by atoms with Crippen LogP contribution in [0, 0.1) is 0 Å². The molecule has 1 atom stereocenters. The summed E-state index contributed by atoms with van der Waals surface area (Å²) in [5, 5.41) is 2.63. The van der Waals surface area contributed by atoms with Gasteiger partial charge in [0.1, 0.15) is 6.04 Å². The van der Waals surface area contributed by atoms with E-state index in [1.807, 2.05) is 0 Å². The molecule has 12 heteroatoms. The standard InChI is InChI=1S/C24H27BrN4O6S/c1-17(30)26-19-4-6-20(7-5-19)29-23(31)16-22(24(29)32)28(11-10-27-12-14-35-15-13-27)36(33,34)21-8-2-18(25)3-9-21/h2-9,22H,10-16H2,1H3,(H,26,30). The van der Waals surface area contributed by atoms with Crippen molar-refractivity contribution in [3.8, 4) is 0 Å². The highest BCUT2D eigenvalue weighted by atomic mass is 79.9. The molecular weight excluding hydrogens is 552 g/mol. The van der Waals surface area contributed by atoms with Crippen LogP contribution in [0.25, 0.3) is 0 Å². The highest BCUT2D eigenvalue weighted by molar-refractivity contribution is 9.10. The summed E-state index contributed by atoms with van der Waals surface area (Å²) < 4.78 is 34.6. The van der Waals surface area contributed by atoms with Gasteiger partial charge < -0.3 is 10.1 Å². The van der Waals surface area contributed by atoms with Crippen molar-refractivity contribution in [2.24, 2.45) is 0 Å². The minimum atomic E-state index is -4.08. The van der Waals surface area contributed by atoms with Crippen molar-refractivity contribution in [1.29, 1.82) is 0 Å². The van der Waals surface area contributed by atoms with Crippen molar-refractivity contribution < 1.29 is 27.5 Å². The fourth-order valence-corrected chi connectivity index (χ4v) is 6.10. The summed E-state index contributed by atoms with van der Waals surface area (Å²) in [6.07, 6.45) is -0.259. The van der Waals surface area contributed by atoms with Gasteiger partial charge in [-0.3, -0.25) is 19.3 Å². The van der Waals surface area contributed by atoms with E-state index in [9.17, 15) is 22.8 Å². The number of ether oxygens (including phenoxy) is 1. The van der Waals surface area contributed by atoms with Crippen LogP contribution in [-0.4, -0.2) is 80.8 Å². The summed E-state index contributed by atoms with van der Waals surface area (Å²) in [6, 6.07) is 11.3. The number of rotatable bonds is 8. The third-order valence-electron chi connectivity index (χ3n) is 6.08. The molecule has 3 amide bonds. The zero-order valence-corrected chi connectivity index (χ0v) is 22.1. The molecule has 0 radical (unpaired) electrons. The first-order valence-corrected chi connectivity index (χ1v) is 13.7. The molecule has 0 spiro atoms. The van der Waals surface area contributed by atoms with Gasteiger partial charge in [0.15, 0.2) is 0 Å². The van der Waals surface area contributed by atoms with E-state index in [0.717, 1.165) is 13.7 Å². The summed E-state index contributed by atoms with van der Waals surface area (Å²) >= 11 is 3.31. The lowest BCUT2D eigenvalue weighted by atomic mass is 10.2. The van der Waals surface area contributed by atoms with Gasteiger partial charge in [0.05, 0.1) is 30.2 Å². The zero-order chi connectivity index (χ0) is 25.9. The molecule has 2 aromatic carbocycles. The number of nitrogens with zero attached hydrogens (tertiary/aromatic N) is 3. The third-order valence-corrected chi connectivity index (χ3v) is 8.53. The third kappa shape index (κ3) is 5.84. The Balaban J connectivity index is 1.61. The summed E-state index contributed by atoms with van der Waals surface area (Å²) in [4.78, 5) is 40.9. The number of sulfonamides is 1. The fourth-order valence-electron chi connectivity index (χ4n) is 4.26. The summed E-state index contributed by atoms with van der Waals surface area (Å²) in [5.74, 6) is -1.33. The van der Waals surface area contributed by atoms with Gasteiger partial charge in [-0.15, -0.1) is 0 Å². The van der Waals surface area contributed by atoms with Crippen molar-refractivity contribution in [2.45, 2.75) is 24.3 Å².